The van der Waals surface area contributed by atoms with E-state index in [0.717, 1.165) is 24.2 Å². The summed E-state index contributed by atoms with van der Waals surface area (Å²) in [5.74, 6) is -0.303. The van der Waals surface area contributed by atoms with E-state index in [1.165, 1.54) is 18.2 Å². The molecule has 0 fully saturated rings. The summed E-state index contributed by atoms with van der Waals surface area (Å²) in [6, 6.07) is 11.0. The average Bonchev–Trinajstić information content (AvgIpc) is 3.14. The third-order valence-corrected chi connectivity index (χ3v) is 5.39. The first-order valence-corrected chi connectivity index (χ1v) is 9.85. The van der Waals surface area contributed by atoms with Gasteiger partial charge in [0.1, 0.15) is 11.3 Å². The summed E-state index contributed by atoms with van der Waals surface area (Å²) in [5, 5.41) is 0. The number of carbonyl (C=O) groups excluding carboxylic acids is 2. The minimum Gasteiger partial charge on any atom is -0.496 e. The molecule has 5 heteroatoms. The van der Waals surface area contributed by atoms with Gasteiger partial charge in [-0.15, -0.1) is 11.8 Å². The number of methoxy groups -OCH3 is 1. The van der Waals surface area contributed by atoms with Crippen molar-refractivity contribution in [2.24, 2.45) is 0 Å². The molecular formula is C21H22O4S. The van der Waals surface area contributed by atoms with Crippen LogP contribution in [0.15, 0.2) is 41.3 Å². The molecule has 3 rings (SSSR count). The van der Waals surface area contributed by atoms with Crippen molar-refractivity contribution in [1.29, 1.82) is 0 Å². The Labute approximate surface area is 157 Å². The Kier molecular flexibility index (Phi) is 5.67. The van der Waals surface area contributed by atoms with Crippen LogP contribution in [0, 0.1) is 0 Å². The first-order valence-electron chi connectivity index (χ1n) is 8.62. The number of fused-ring (bicyclic) bond motifs is 1. The quantitative estimate of drug-likeness (QED) is 0.430. The molecule has 0 N–H and O–H groups in total. The van der Waals surface area contributed by atoms with Crippen LogP contribution < -0.4 is 4.74 Å². The number of benzene rings is 2. The number of esters is 1. The highest BCUT2D eigenvalue weighted by molar-refractivity contribution is 7.98. The van der Waals surface area contributed by atoms with E-state index in [1.54, 1.807) is 30.8 Å². The number of carbonyl (C=O) groups is 2. The van der Waals surface area contributed by atoms with Crippen LogP contribution >= 0.6 is 11.8 Å². The molecule has 0 amide bonds. The molecule has 0 bridgehead atoms. The molecule has 0 unspecified atom stereocenters. The fourth-order valence-corrected chi connectivity index (χ4v) is 3.63. The van der Waals surface area contributed by atoms with Gasteiger partial charge in [-0.05, 0) is 67.8 Å². The monoisotopic (exact) mass is 370 g/mol. The van der Waals surface area contributed by atoms with Gasteiger partial charge < -0.3 is 9.47 Å². The second-order valence-corrected chi connectivity index (χ2v) is 7.19. The highest BCUT2D eigenvalue weighted by Gasteiger charge is 2.23. The average molecular weight is 370 g/mol. The van der Waals surface area contributed by atoms with Crippen LogP contribution in [-0.4, -0.2) is 31.2 Å². The second kappa shape index (κ2) is 7.96. The molecule has 1 atom stereocenters. The Balaban J connectivity index is 1.74. The molecule has 0 aliphatic heterocycles. The van der Waals surface area contributed by atoms with Crippen LogP contribution in [-0.2, 0) is 17.6 Å². The number of rotatable bonds is 6. The lowest BCUT2D eigenvalue weighted by molar-refractivity contribution is 0.0316. The molecule has 2 aromatic carbocycles. The van der Waals surface area contributed by atoms with E-state index in [-0.39, 0.29) is 5.78 Å². The largest absolute Gasteiger partial charge is 0.496 e. The Morgan fingerprint density at radius 2 is 1.85 bits per heavy atom. The zero-order valence-electron chi connectivity index (χ0n) is 15.2. The predicted octanol–water partition coefficient (Wildman–Crippen LogP) is 4.33. The standard InChI is InChI=1S/C21H22O4S/c1-13(20(22)16-8-7-14-5-4-6-15(14)11-16)25-21(23)18-10-9-17(26-3)12-19(18)24-2/h7-13H,4-6H2,1-3H3/t13-/m1/s1. The summed E-state index contributed by atoms with van der Waals surface area (Å²) >= 11 is 1.56. The fourth-order valence-electron chi connectivity index (χ4n) is 3.20. The molecule has 0 saturated carbocycles. The van der Waals surface area contributed by atoms with Crippen molar-refractivity contribution in [1.82, 2.24) is 0 Å². The SMILES string of the molecule is COc1cc(SC)ccc1C(=O)O[C@H](C)C(=O)c1ccc2c(c1)CCC2. The number of hydrogen-bond donors (Lipinski definition) is 0. The molecule has 0 spiro atoms. The van der Waals surface area contributed by atoms with Crippen LogP contribution in [0.25, 0.3) is 0 Å². The smallest absolute Gasteiger partial charge is 0.342 e. The van der Waals surface area contributed by atoms with Gasteiger partial charge in [-0.1, -0.05) is 12.1 Å². The number of aryl methyl sites for hydroxylation is 2. The molecule has 0 radical (unpaired) electrons. The first kappa shape index (κ1) is 18.5. The van der Waals surface area contributed by atoms with E-state index in [0.29, 0.717) is 16.9 Å². The van der Waals surface area contributed by atoms with Gasteiger partial charge in [-0.2, -0.15) is 0 Å². The second-order valence-electron chi connectivity index (χ2n) is 6.32. The van der Waals surface area contributed by atoms with Crippen LogP contribution in [0.2, 0.25) is 0 Å². The lowest BCUT2D eigenvalue weighted by atomic mass is 10.0. The van der Waals surface area contributed by atoms with E-state index in [9.17, 15) is 9.59 Å². The Hall–Kier alpha value is -2.27. The minimum absolute atomic E-state index is 0.187. The Morgan fingerprint density at radius 1 is 1.08 bits per heavy atom. The van der Waals surface area contributed by atoms with Crippen molar-refractivity contribution in [3.63, 3.8) is 0 Å². The summed E-state index contributed by atoms with van der Waals surface area (Å²) in [5.41, 5.74) is 3.45. The van der Waals surface area contributed by atoms with Gasteiger partial charge in [-0.3, -0.25) is 4.79 Å². The molecule has 1 aliphatic rings. The molecule has 136 valence electrons. The zero-order valence-corrected chi connectivity index (χ0v) is 16.0. The van der Waals surface area contributed by atoms with Crippen molar-refractivity contribution in [2.45, 2.75) is 37.2 Å². The van der Waals surface area contributed by atoms with Crippen LogP contribution in [0.3, 0.4) is 0 Å². The molecule has 2 aromatic rings. The van der Waals surface area contributed by atoms with Gasteiger partial charge in [0.05, 0.1) is 7.11 Å². The van der Waals surface area contributed by atoms with E-state index in [1.807, 2.05) is 30.5 Å². The third-order valence-electron chi connectivity index (χ3n) is 4.66. The van der Waals surface area contributed by atoms with Gasteiger partial charge in [0.15, 0.2) is 6.10 Å². The molecular weight excluding hydrogens is 348 g/mol. The Bertz CT molecular complexity index is 844. The van der Waals surface area contributed by atoms with Crippen LogP contribution in [0.1, 0.15) is 45.2 Å². The summed E-state index contributed by atoms with van der Waals surface area (Å²) in [6.45, 7) is 1.61. The number of Topliss-reactive ketones (excluding diaryl/α,β-unsaturated/α-hetero) is 1. The zero-order chi connectivity index (χ0) is 18.7. The van der Waals surface area contributed by atoms with E-state index in [4.69, 9.17) is 9.47 Å². The lowest BCUT2D eigenvalue weighted by Crippen LogP contribution is -2.24. The maximum Gasteiger partial charge on any atom is 0.342 e. The van der Waals surface area contributed by atoms with Crippen LogP contribution in [0.5, 0.6) is 5.75 Å². The highest BCUT2D eigenvalue weighted by atomic mass is 32.2. The molecule has 1 aliphatic carbocycles. The Morgan fingerprint density at radius 3 is 2.58 bits per heavy atom. The van der Waals surface area contributed by atoms with Crippen molar-refractivity contribution in [2.75, 3.05) is 13.4 Å². The summed E-state index contributed by atoms with van der Waals surface area (Å²) in [6.07, 6.45) is 4.30. The van der Waals surface area contributed by atoms with Crippen molar-refractivity contribution < 1.29 is 19.1 Å². The van der Waals surface area contributed by atoms with Gasteiger partial charge in [0, 0.05) is 10.5 Å². The van der Waals surface area contributed by atoms with Crippen molar-refractivity contribution in [3.05, 3.63) is 58.7 Å². The number of ether oxygens (including phenoxy) is 2. The predicted molar refractivity (Wildman–Crippen MR) is 102 cm³/mol. The molecule has 26 heavy (non-hydrogen) atoms. The minimum atomic E-state index is -0.855. The van der Waals surface area contributed by atoms with Crippen molar-refractivity contribution >= 4 is 23.5 Å². The fraction of sp³-hybridized carbons (Fsp3) is 0.333. The van der Waals surface area contributed by atoms with E-state index >= 15 is 0 Å². The topological polar surface area (TPSA) is 52.6 Å². The molecule has 0 heterocycles. The van der Waals surface area contributed by atoms with Gasteiger partial charge >= 0.3 is 5.97 Å². The van der Waals surface area contributed by atoms with Gasteiger partial charge in [0.25, 0.3) is 0 Å². The van der Waals surface area contributed by atoms with Crippen molar-refractivity contribution in [3.8, 4) is 5.75 Å². The maximum absolute atomic E-state index is 12.7. The maximum atomic E-state index is 12.7. The normalized spacial score (nSPS) is 13.8. The van der Waals surface area contributed by atoms with Gasteiger partial charge in [0.2, 0.25) is 5.78 Å². The van der Waals surface area contributed by atoms with Crippen LogP contribution in [0.4, 0.5) is 0 Å². The third kappa shape index (κ3) is 3.78. The van der Waals surface area contributed by atoms with E-state index in [2.05, 4.69) is 0 Å². The first-order chi connectivity index (χ1) is 12.5. The lowest BCUT2D eigenvalue weighted by Gasteiger charge is -2.15. The summed E-state index contributed by atoms with van der Waals surface area (Å²) < 4.78 is 10.7. The highest BCUT2D eigenvalue weighted by Crippen LogP contribution is 2.27. The molecule has 0 aromatic heterocycles. The number of hydrogen-bond acceptors (Lipinski definition) is 5. The summed E-state index contributed by atoms with van der Waals surface area (Å²) in [7, 11) is 1.51. The molecule has 4 nitrogen and oxygen atoms in total. The number of ketones is 1. The number of thioether (sulfide) groups is 1. The van der Waals surface area contributed by atoms with Gasteiger partial charge in [-0.25, -0.2) is 4.79 Å². The summed E-state index contributed by atoms with van der Waals surface area (Å²) in [4.78, 5) is 26.1. The molecule has 0 saturated heterocycles. The van der Waals surface area contributed by atoms with E-state index < -0.39 is 12.1 Å².